The van der Waals surface area contributed by atoms with Crippen LogP contribution >= 0.6 is 0 Å². The highest BCUT2D eigenvalue weighted by Crippen LogP contribution is 2.08. The molecule has 0 spiro atoms. The second kappa shape index (κ2) is 7.96. The molecule has 0 saturated carbocycles. The molecular formula is C13H23N3O4. The van der Waals surface area contributed by atoms with Crippen molar-refractivity contribution in [3.63, 3.8) is 0 Å². The fourth-order valence-corrected chi connectivity index (χ4v) is 2.01. The monoisotopic (exact) mass is 285 g/mol. The van der Waals surface area contributed by atoms with Crippen molar-refractivity contribution in [2.24, 2.45) is 0 Å². The molecular weight excluding hydrogens is 262 g/mol. The Morgan fingerprint density at radius 2 is 2.15 bits per heavy atom. The molecule has 0 aliphatic carbocycles. The van der Waals surface area contributed by atoms with Crippen molar-refractivity contribution in [3.05, 3.63) is 0 Å². The molecule has 0 aromatic carbocycles. The Kier molecular flexibility index (Phi) is 6.60. The van der Waals surface area contributed by atoms with E-state index in [1.54, 1.807) is 18.9 Å². The minimum absolute atomic E-state index is 0.0401. The molecule has 0 aromatic heterocycles. The van der Waals surface area contributed by atoms with Gasteiger partial charge in [0.05, 0.1) is 19.2 Å². The number of carbonyl (C=O) groups excluding carboxylic acids is 3. The molecule has 1 fully saturated rings. The van der Waals surface area contributed by atoms with Gasteiger partial charge in [-0.3, -0.25) is 24.6 Å². The van der Waals surface area contributed by atoms with Crippen molar-refractivity contribution < 1.29 is 19.5 Å². The molecule has 114 valence electrons. The van der Waals surface area contributed by atoms with Gasteiger partial charge in [0, 0.05) is 19.5 Å². The summed E-state index contributed by atoms with van der Waals surface area (Å²) >= 11 is 0. The summed E-state index contributed by atoms with van der Waals surface area (Å²) in [7, 11) is 1.75. The van der Waals surface area contributed by atoms with E-state index in [0.717, 1.165) is 6.42 Å². The van der Waals surface area contributed by atoms with Gasteiger partial charge in [-0.05, 0) is 26.8 Å². The molecule has 3 amide bonds. The summed E-state index contributed by atoms with van der Waals surface area (Å²) in [4.78, 5) is 37.8. The minimum Gasteiger partial charge on any atom is -0.393 e. The van der Waals surface area contributed by atoms with Crippen LogP contribution in [0.3, 0.4) is 0 Å². The fraction of sp³-hybridized carbons (Fsp3) is 0.769. The fourth-order valence-electron chi connectivity index (χ4n) is 2.01. The first-order valence-electron chi connectivity index (χ1n) is 6.85. The van der Waals surface area contributed by atoms with Crippen molar-refractivity contribution in [1.29, 1.82) is 0 Å². The van der Waals surface area contributed by atoms with E-state index in [0.29, 0.717) is 25.9 Å². The summed E-state index contributed by atoms with van der Waals surface area (Å²) in [6.07, 6.45) is 1.40. The molecule has 2 N–H and O–H groups in total. The van der Waals surface area contributed by atoms with Gasteiger partial charge in [-0.1, -0.05) is 0 Å². The van der Waals surface area contributed by atoms with Gasteiger partial charge in [0.15, 0.2) is 0 Å². The number of amides is 3. The highest BCUT2D eigenvalue weighted by molar-refractivity contribution is 5.98. The SMILES string of the molecule is CC(O)CCN(C)CC(=O)NC(=O)CN1CCCC1=O. The van der Waals surface area contributed by atoms with Crippen LogP contribution in [0.25, 0.3) is 0 Å². The van der Waals surface area contributed by atoms with Crippen LogP contribution in [0.5, 0.6) is 0 Å². The molecule has 20 heavy (non-hydrogen) atoms. The van der Waals surface area contributed by atoms with E-state index < -0.39 is 17.9 Å². The highest BCUT2D eigenvalue weighted by Gasteiger charge is 2.23. The summed E-state index contributed by atoms with van der Waals surface area (Å²) in [5.74, 6) is -0.884. The molecule has 1 heterocycles. The van der Waals surface area contributed by atoms with E-state index in [2.05, 4.69) is 5.32 Å². The summed E-state index contributed by atoms with van der Waals surface area (Å²) < 4.78 is 0. The van der Waals surface area contributed by atoms with E-state index in [-0.39, 0.29) is 19.0 Å². The van der Waals surface area contributed by atoms with Gasteiger partial charge in [-0.25, -0.2) is 0 Å². The van der Waals surface area contributed by atoms with Crippen LogP contribution in [0.4, 0.5) is 0 Å². The van der Waals surface area contributed by atoms with E-state index in [4.69, 9.17) is 5.11 Å². The van der Waals surface area contributed by atoms with E-state index in [9.17, 15) is 14.4 Å². The zero-order valence-electron chi connectivity index (χ0n) is 12.1. The third kappa shape index (κ3) is 6.12. The maximum absolute atomic E-state index is 11.6. The molecule has 1 unspecified atom stereocenters. The molecule has 7 nitrogen and oxygen atoms in total. The van der Waals surface area contributed by atoms with E-state index in [1.165, 1.54) is 4.90 Å². The number of aliphatic hydroxyl groups is 1. The summed E-state index contributed by atoms with van der Waals surface area (Å²) in [5.41, 5.74) is 0. The van der Waals surface area contributed by atoms with Gasteiger partial charge >= 0.3 is 0 Å². The van der Waals surface area contributed by atoms with Gasteiger partial charge in [-0.2, -0.15) is 0 Å². The smallest absolute Gasteiger partial charge is 0.246 e. The number of carbonyl (C=O) groups is 3. The average Bonchev–Trinajstić information content (AvgIpc) is 2.72. The molecule has 1 aliphatic heterocycles. The second-order valence-electron chi connectivity index (χ2n) is 5.27. The Hall–Kier alpha value is -1.47. The number of likely N-dealkylation sites (tertiary alicyclic amines) is 1. The number of nitrogens with zero attached hydrogens (tertiary/aromatic N) is 2. The van der Waals surface area contributed by atoms with E-state index in [1.807, 2.05) is 0 Å². The van der Waals surface area contributed by atoms with Crippen molar-refractivity contribution >= 4 is 17.7 Å². The molecule has 1 atom stereocenters. The van der Waals surface area contributed by atoms with Gasteiger partial charge in [-0.15, -0.1) is 0 Å². The Morgan fingerprint density at radius 3 is 2.70 bits per heavy atom. The number of hydrogen-bond donors (Lipinski definition) is 2. The van der Waals surface area contributed by atoms with Gasteiger partial charge in [0.25, 0.3) is 0 Å². The molecule has 0 bridgehead atoms. The van der Waals surface area contributed by atoms with Crippen LogP contribution in [-0.2, 0) is 14.4 Å². The summed E-state index contributed by atoms with van der Waals surface area (Å²) in [6, 6.07) is 0. The summed E-state index contributed by atoms with van der Waals surface area (Å²) in [5, 5.41) is 11.4. The summed E-state index contributed by atoms with van der Waals surface area (Å²) in [6.45, 7) is 2.87. The van der Waals surface area contributed by atoms with Crippen molar-refractivity contribution in [2.45, 2.75) is 32.3 Å². The number of likely N-dealkylation sites (N-methyl/N-ethyl adjacent to an activating group) is 1. The minimum atomic E-state index is -0.450. The molecule has 0 radical (unpaired) electrons. The Bertz CT molecular complexity index is 371. The Labute approximate surface area is 118 Å². The molecule has 7 heteroatoms. The highest BCUT2D eigenvalue weighted by atomic mass is 16.3. The second-order valence-corrected chi connectivity index (χ2v) is 5.27. The molecule has 1 aliphatic rings. The maximum atomic E-state index is 11.6. The van der Waals surface area contributed by atoms with Crippen molar-refractivity contribution in [1.82, 2.24) is 15.1 Å². The lowest BCUT2D eigenvalue weighted by atomic mass is 10.3. The zero-order valence-corrected chi connectivity index (χ0v) is 12.1. The lowest BCUT2D eigenvalue weighted by molar-refractivity contribution is -0.136. The van der Waals surface area contributed by atoms with Crippen molar-refractivity contribution in [2.75, 3.05) is 33.2 Å². The molecule has 0 aromatic rings. The van der Waals surface area contributed by atoms with Crippen LogP contribution in [0, 0.1) is 0 Å². The number of rotatable bonds is 7. The average molecular weight is 285 g/mol. The first kappa shape index (κ1) is 16.6. The van der Waals surface area contributed by atoms with Crippen LogP contribution in [0.1, 0.15) is 26.2 Å². The Balaban J connectivity index is 2.23. The zero-order chi connectivity index (χ0) is 15.1. The molecule has 1 rings (SSSR count). The quantitative estimate of drug-likeness (QED) is 0.623. The number of imide groups is 1. The number of hydrogen-bond acceptors (Lipinski definition) is 5. The topological polar surface area (TPSA) is 89.9 Å². The van der Waals surface area contributed by atoms with Crippen LogP contribution in [0.2, 0.25) is 0 Å². The van der Waals surface area contributed by atoms with Crippen LogP contribution in [-0.4, -0.2) is 72.0 Å². The third-order valence-corrected chi connectivity index (χ3v) is 3.13. The van der Waals surface area contributed by atoms with Crippen LogP contribution < -0.4 is 5.32 Å². The van der Waals surface area contributed by atoms with Crippen LogP contribution in [0.15, 0.2) is 0 Å². The normalized spacial score (nSPS) is 16.6. The van der Waals surface area contributed by atoms with Gasteiger partial charge in [0.2, 0.25) is 17.7 Å². The largest absolute Gasteiger partial charge is 0.393 e. The predicted octanol–water partition coefficient (Wildman–Crippen LogP) is -1.05. The Morgan fingerprint density at radius 1 is 1.45 bits per heavy atom. The molecule has 1 saturated heterocycles. The first-order valence-corrected chi connectivity index (χ1v) is 6.85. The van der Waals surface area contributed by atoms with E-state index >= 15 is 0 Å². The first-order chi connectivity index (χ1) is 9.38. The predicted molar refractivity (Wildman–Crippen MR) is 72.8 cm³/mol. The van der Waals surface area contributed by atoms with Gasteiger partial charge in [0.1, 0.15) is 0 Å². The third-order valence-electron chi connectivity index (χ3n) is 3.13. The van der Waals surface area contributed by atoms with Gasteiger partial charge < -0.3 is 10.0 Å². The van der Waals surface area contributed by atoms with Crippen molar-refractivity contribution in [3.8, 4) is 0 Å². The standard InChI is InChI=1S/C13H23N3O4/c1-10(17)5-7-15(2)8-11(18)14-12(19)9-16-6-3-4-13(16)20/h10,17H,3-9H2,1-2H3,(H,14,18,19). The maximum Gasteiger partial charge on any atom is 0.246 e. The lowest BCUT2D eigenvalue weighted by Gasteiger charge is -2.18. The number of nitrogens with one attached hydrogen (secondary N) is 1. The lowest BCUT2D eigenvalue weighted by Crippen LogP contribution is -2.44. The number of aliphatic hydroxyl groups excluding tert-OH is 1.